The SMILES string of the molecule is CCOc1ccc(-c2nn(-c3ccccc3)cc2/C=c2\sc3nc(-c4ccc(Cl)cc4)nn3c2=O)cc1C. The van der Waals surface area contributed by atoms with Crippen LogP contribution in [0.5, 0.6) is 5.75 Å². The Morgan fingerprint density at radius 2 is 1.76 bits per heavy atom. The Balaban J connectivity index is 1.47. The Labute approximate surface area is 227 Å². The summed E-state index contributed by atoms with van der Waals surface area (Å²) in [5.74, 6) is 1.33. The molecule has 0 spiro atoms. The fourth-order valence-electron chi connectivity index (χ4n) is 4.24. The molecule has 38 heavy (non-hydrogen) atoms. The molecule has 3 heterocycles. The number of aryl methyl sites for hydroxylation is 1. The van der Waals surface area contributed by atoms with Gasteiger partial charge in [-0.15, -0.1) is 5.10 Å². The van der Waals surface area contributed by atoms with Crippen molar-refractivity contribution in [3.8, 4) is 34.1 Å². The van der Waals surface area contributed by atoms with Crippen molar-refractivity contribution in [3.05, 3.63) is 110 Å². The van der Waals surface area contributed by atoms with Crippen LogP contribution in [0.1, 0.15) is 18.1 Å². The van der Waals surface area contributed by atoms with Gasteiger partial charge >= 0.3 is 0 Å². The van der Waals surface area contributed by atoms with Crippen molar-refractivity contribution < 1.29 is 4.74 Å². The van der Waals surface area contributed by atoms with Crippen LogP contribution in [0.4, 0.5) is 0 Å². The molecule has 0 bridgehead atoms. The van der Waals surface area contributed by atoms with Gasteiger partial charge in [-0.2, -0.15) is 14.6 Å². The van der Waals surface area contributed by atoms with Crippen molar-refractivity contribution in [1.82, 2.24) is 24.4 Å². The zero-order valence-electron chi connectivity index (χ0n) is 20.6. The van der Waals surface area contributed by atoms with Gasteiger partial charge in [-0.25, -0.2) is 4.68 Å². The third-order valence-corrected chi connectivity index (χ3v) is 7.29. The fraction of sp³-hybridized carbons (Fsp3) is 0.103. The van der Waals surface area contributed by atoms with Crippen molar-refractivity contribution in [1.29, 1.82) is 0 Å². The molecular weight excluding hydrogens is 518 g/mol. The highest BCUT2D eigenvalue weighted by molar-refractivity contribution is 7.15. The molecule has 0 aliphatic heterocycles. The molecule has 0 saturated carbocycles. The van der Waals surface area contributed by atoms with Gasteiger partial charge in [0, 0.05) is 27.9 Å². The number of para-hydroxylation sites is 1. The summed E-state index contributed by atoms with van der Waals surface area (Å²) in [5, 5.41) is 9.98. The van der Waals surface area contributed by atoms with Crippen LogP contribution in [0, 0.1) is 6.92 Å². The first-order valence-corrected chi connectivity index (χ1v) is 13.3. The lowest BCUT2D eigenvalue weighted by molar-refractivity contribution is 0.338. The summed E-state index contributed by atoms with van der Waals surface area (Å²) in [5.41, 5.74) is 5.03. The number of ether oxygens (including phenoxy) is 1. The van der Waals surface area contributed by atoms with Crippen LogP contribution in [0.2, 0.25) is 5.02 Å². The van der Waals surface area contributed by atoms with Crippen molar-refractivity contribution in [2.45, 2.75) is 13.8 Å². The summed E-state index contributed by atoms with van der Waals surface area (Å²) in [7, 11) is 0. The molecule has 6 rings (SSSR count). The van der Waals surface area contributed by atoms with Gasteiger partial charge < -0.3 is 4.74 Å². The summed E-state index contributed by atoms with van der Waals surface area (Å²) in [6.45, 7) is 4.58. The zero-order chi connectivity index (χ0) is 26.2. The number of benzene rings is 3. The van der Waals surface area contributed by atoms with Crippen molar-refractivity contribution >= 4 is 34.0 Å². The Kier molecular flexibility index (Phi) is 6.27. The van der Waals surface area contributed by atoms with Crippen molar-refractivity contribution in [2.24, 2.45) is 0 Å². The van der Waals surface area contributed by atoms with Crippen LogP contribution in [-0.4, -0.2) is 31.0 Å². The number of hydrogen-bond donors (Lipinski definition) is 0. The van der Waals surface area contributed by atoms with E-state index in [1.54, 1.807) is 12.1 Å². The Morgan fingerprint density at radius 1 is 1.00 bits per heavy atom. The normalized spacial score (nSPS) is 11.9. The number of aromatic nitrogens is 5. The van der Waals surface area contributed by atoms with E-state index in [-0.39, 0.29) is 5.56 Å². The molecule has 0 saturated heterocycles. The first kappa shape index (κ1) is 24.1. The Bertz CT molecular complexity index is 1870. The number of thiazole rings is 1. The first-order valence-electron chi connectivity index (χ1n) is 12.1. The van der Waals surface area contributed by atoms with Crippen LogP contribution in [-0.2, 0) is 0 Å². The molecule has 0 unspecified atom stereocenters. The minimum absolute atomic E-state index is 0.223. The molecule has 9 heteroatoms. The molecule has 0 amide bonds. The summed E-state index contributed by atoms with van der Waals surface area (Å²) >= 11 is 7.29. The van der Waals surface area contributed by atoms with E-state index in [0.717, 1.165) is 39.4 Å². The Hall–Kier alpha value is -4.27. The lowest BCUT2D eigenvalue weighted by Gasteiger charge is -2.08. The molecule has 3 aromatic heterocycles. The highest BCUT2D eigenvalue weighted by Gasteiger charge is 2.16. The number of rotatable bonds is 6. The molecular formula is C29H22ClN5O2S. The van der Waals surface area contributed by atoms with Gasteiger partial charge in [0.15, 0.2) is 5.82 Å². The van der Waals surface area contributed by atoms with E-state index in [1.807, 2.05) is 85.4 Å². The van der Waals surface area contributed by atoms with Gasteiger partial charge in [-0.3, -0.25) is 4.79 Å². The van der Waals surface area contributed by atoms with Crippen molar-refractivity contribution in [2.75, 3.05) is 6.61 Å². The van der Waals surface area contributed by atoms with E-state index in [0.29, 0.717) is 26.9 Å². The van der Waals surface area contributed by atoms with Crippen molar-refractivity contribution in [3.63, 3.8) is 0 Å². The largest absolute Gasteiger partial charge is 0.494 e. The predicted octanol–water partition coefficient (Wildman–Crippen LogP) is 5.58. The van der Waals surface area contributed by atoms with Gasteiger partial charge in [-0.1, -0.05) is 41.1 Å². The number of hydrogen-bond acceptors (Lipinski definition) is 6. The van der Waals surface area contributed by atoms with Gasteiger partial charge in [-0.05, 0) is 80.1 Å². The molecule has 0 fully saturated rings. The molecule has 7 nitrogen and oxygen atoms in total. The average Bonchev–Trinajstić information content (AvgIpc) is 3.62. The molecule has 0 aliphatic carbocycles. The second-order valence-corrected chi connectivity index (χ2v) is 10.1. The summed E-state index contributed by atoms with van der Waals surface area (Å²) in [6.07, 6.45) is 3.80. The van der Waals surface area contributed by atoms with E-state index in [9.17, 15) is 4.79 Å². The smallest absolute Gasteiger partial charge is 0.291 e. The molecule has 3 aromatic carbocycles. The highest BCUT2D eigenvalue weighted by Crippen LogP contribution is 2.29. The number of halogens is 1. The predicted molar refractivity (Wildman–Crippen MR) is 151 cm³/mol. The number of fused-ring (bicyclic) bond motifs is 1. The molecule has 0 N–H and O–H groups in total. The van der Waals surface area contributed by atoms with Crippen LogP contribution in [0.15, 0.2) is 83.8 Å². The fourth-order valence-corrected chi connectivity index (χ4v) is 5.27. The highest BCUT2D eigenvalue weighted by atomic mass is 35.5. The maximum Gasteiger partial charge on any atom is 0.291 e. The summed E-state index contributed by atoms with van der Waals surface area (Å²) in [4.78, 5) is 18.4. The molecule has 188 valence electrons. The maximum absolute atomic E-state index is 13.3. The second-order valence-electron chi connectivity index (χ2n) is 8.68. The van der Waals surface area contributed by atoms with Gasteiger partial charge in [0.1, 0.15) is 11.4 Å². The third-order valence-electron chi connectivity index (χ3n) is 6.08. The van der Waals surface area contributed by atoms with Gasteiger partial charge in [0.2, 0.25) is 4.96 Å². The van der Waals surface area contributed by atoms with E-state index in [2.05, 4.69) is 16.1 Å². The van der Waals surface area contributed by atoms with Crippen LogP contribution in [0.25, 0.3) is 39.4 Å². The lowest BCUT2D eigenvalue weighted by Crippen LogP contribution is -2.23. The van der Waals surface area contributed by atoms with E-state index in [4.69, 9.17) is 21.4 Å². The number of nitrogens with zero attached hydrogens (tertiary/aromatic N) is 5. The quantitative estimate of drug-likeness (QED) is 0.276. The minimum atomic E-state index is -0.223. The van der Waals surface area contributed by atoms with Crippen LogP contribution in [0.3, 0.4) is 0 Å². The monoisotopic (exact) mass is 539 g/mol. The molecule has 0 aliphatic rings. The van der Waals surface area contributed by atoms with E-state index >= 15 is 0 Å². The molecule has 0 radical (unpaired) electrons. The Morgan fingerprint density at radius 3 is 2.47 bits per heavy atom. The minimum Gasteiger partial charge on any atom is -0.494 e. The van der Waals surface area contributed by atoms with Crippen LogP contribution < -0.4 is 14.8 Å². The van der Waals surface area contributed by atoms with Gasteiger partial charge in [0.25, 0.3) is 5.56 Å². The maximum atomic E-state index is 13.3. The van der Waals surface area contributed by atoms with E-state index < -0.39 is 0 Å². The zero-order valence-corrected chi connectivity index (χ0v) is 22.2. The summed E-state index contributed by atoms with van der Waals surface area (Å²) < 4.78 is 9.42. The van der Waals surface area contributed by atoms with Crippen LogP contribution >= 0.6 is 22.9 Å². The topological polar surface area (TPSA) is 74.3 Å². The average molecular weight is 540 g/mol. The third kappa shape index (κ3) is 4.49. The first-order chi connectivity index (χ1) is 18.5. The summed E-state index contributed by atoms with van der Waals surface area (Å²) in [6, 6.07) is 23.1. The standard InChI is InChI=1S/C29H22ClN5O2S/c1-3-37-24-14-11-20(15-18(24)2)26-21(17-34(32-26)23-7-5-4-6-8-23)16-25-28(36)35-29(38-25)31-27(33-35)19-9-12-22(30)13-10-19/h4-17H,3H2,1-2H3/b25-16-. The second kappa shape index (κ2) is 9.89. The molecule has 0 atom stereocenters. The molecule has 6 aromatic rings. The lowest BCUT2D eigenvalue weighted by atomic mass is 10.0. The van der Waals surface area contributed by atoms with Gasteiger partial charge in [0.05, 0.1) is 16.8 Å². The van der Waals surface area contributed by atoms with E-state index in [1.165, 1.54) is 15.9 Å².